The highest BCUT2D eigenvalue weighted by Crippen LogP contribution is 2.25. The number of carbonyl (C=O) groups is 1. The average molecular weight is 380 g/mol. The molecular weight excluding hydrogens is 360 g/mol. The summed E-state index contributed by atoms with van der Waals surface area (Å²) in [5.41, 5.74) is 2.00. The van der Waals surface area contributed by atoms with Crippen molar-refractivity contribution in [2.75, 3.05) is 36.2 Å². The number of urea groups is 1. The lowest BCUT2D eigenvalue weighted by molar-refractivity contribution is 0.262. The van der Waals surface area contributed by atoms with Gasteiger partial charge in [-0.3, -0.25) is 4.98 Å². The summed E-state index contributed by atoms with van der Waals surface area (Å²) in [5.74, 6) is 1.48. The number of benzene rings is 1. The molecule has 0 aliphatic carbocycles. The van der Waals surface area contributed by atoms with Crippen LogP contribution in [0, 0.1) is 0 Å². The third kappa shape index (κ3) is 4.92. The fourth-order valence-electron chi connectivity index (χ4n) is 2.39. The summed E-state index contributed by atoms with van der Waals surface area (Å²) in [5, 5.41) is 17.4. The minimum atomic E-state index is -0.364. The lowest BCUT2D eigenvalue weighted by atomic mass is 10.2. The molecule has 2 aromatic heterocycles. The van der Waals surface area contributed by atoms with E-state index in [4.69, 9.17) is 9.84 Å². The summed E-state index contributed by atoms with van der Waals surface area (Å²) in [7, 11) is 1.53. The second kappa shape index (κ2) is 9.28. The van der Waals surface area contributed by atoms with Crippen molar-refractivity contribution in [3.05, 3.63) is 55.0 Å². The van der Waals surface area contributed by atoms with Crippen LogP contribution < -0.4 is 20.7 Å². The molecule has 3 rings (SSSR count). The van der Waals surface area contributed by atoms with E-state index in [9.17, 15) is 4.79 Å². The van der Waals surface area contributed by atoms with Crippen LogP contribution in [0.1, 0.15) is 0 Å². The molecule has 2 amide bonds. The highest BCUT2D eigenvalue weighted by molar-refractivity contribution is 5.99. The first-order chi connectivity index (χ1) is 13.7. The van der Waals surface area contributed by atoms with E-state index in [1.54, 1.807) is 55.0 Å². The Balaban J connectivity index is 1.69. The molecule has 0 saturated carbocycles. The van der Waals surface area contributed by atoms with Crippen LogP contribution in [0.15, 0.2) is 55.0 Å². The fraction of sp³-hybridized carbons (Fsp3) is 0.158. The molecular formula is C19H20N6O3. The largest absolute Gasteiger partial charge is 0.491 e. The van der Waals surface area contributed by atoms with E-state index < -0.39 is 0 Å². The molecule has 0 aliphatic rings. The van der Waals surface area contributed by atoms with Gasteiger partial charge in [0.25, 0.3) is 0 Å². The molecule has 144 valence electrons. The zero-order valence-electron chi connectivity index (χ0n) is 15.2. The molecule has 0 radical (unpaired) electrons. The number of rotatable bonds is 7. The van der Waals surface area contributed by atoms with E-state index in [-0.39, 0.29) is 12.6 Å². The predicted molar refractivity (Wildman–Crippen MR) is 106 cm³/mol. The van der Waals surface area contributed by atoms with E-state index in [0.29, 0.717) is 35.3 Å². The summed E-state index contributed by atoms with van der Waals surface area (Å²) >= 11 is 0. The van der Waals surface area contributed by atoms with Crippen molar-refractivity contribution in [2.24, 2.45) is 0 Å². The number of hydrogen-bond acceptors (Lipinski definition) is 7. The summed E-state index contributed by atoms with van der Waals surface area (Å²) in [6, 6.07) is 10.2. The smallest absolute Gasteiger partial charge is 0.323 e. The molecule has 9 heteroatoms. The van der Waals surface area contributed by atoms with Gasteiger partial charge in [-0.05, 0) is 36.4 Å². The zero-order valence-corrected chi connectivity index (χ0v) is 15.2. The van der Waals surface area contributed by atoms with Gasteiger partial charge in [0, 0.05) is 24.0 Å². The number of anilines is 3. The molecule has 0 bridgehead atoms. The summed E-state index contributed by atoms with van der Waals surface area (Å²) in [6.45, 7) is 0.325. The van der Waals surface area contributed by atoms with Gasteiger partial charge in [0.15, 0.2) is 17.4 Å². The van der Waals surface area contributed by atoms with E-state index in [1.807, 2.05) is 0 Å². The first-order valence-corrected chi connectivity index (χ1v) is 8.54. The molecule has 0 spiro atoms. The number of ether oxygens (including phenoxy) is 1. The van der Waals surface area contributed by atoms with E-state index in [0.717, 1.165) is 5.56 Å². The van der Waals surface area contributed by atoms with Gasteiger partial charge in [0.05, 0.1) is 31.8 Å². The number of amides is 2. The second-order valence-corrected chi connectivity index (χ2v) is 5.66. The van der Waals surface area contributed by atoms with E-state index in [2.05, 4.69) is 30.9 Å². The van der Waals surface area contributed by atoms with Crippen LogP contribution >= 0.6 is 0 Å². The van der Waals surface area contributed by atoms with Crippen LogP contribution in [0.5, 0.6) is 5.75 Å². The topological polar surface area (TPSA) is 121 Å². The Kier molecular flexibility index (Phi) is 6.32. The standard InChI is InChI=1S/C19H20N6O3/c1-28-16-12-22-17(25-18(16)21-9-10-26)13-4-6-14(7-5-13)23-19(27)24-15-3-2-8-20-11-15/h2-8,11-12,26H,9-10H2,1H3,(H,21,22,25)(H2,23,24,27). The van der Waals surface area contributed by atoms with E-state index >= 15 is 0 Å². The van der Waals surface area contributed by atoms with Gasteiger partial charge in [0.1, 0.15) is 0 Å². The molecule has 28 heavy (non-hydrogen) atoms. The zero-order chi connectivity index (χ0) is 19.8. The minimum absolute atomic E-state index is 0.0238. The first kappa shape index (κ1) is 19.1. The lowest BCUT2D eigenvalue weighted by Gasteiger charge is -2.11. The quantitative estimate of drug-likeness (QED) is 0.497. The van der Waals surface area contributed by atoms with Gasteiger partial charge in [-0.25, -0.2) is 14.8 Å². The third-order valence-corrected chi connectivity index (χ3v) is 3.70. The van der Waals surface area contributed by atoms with Crippen LogP contribution in [-0.2, 0) is 0 Å². The molecule has 4 N–H and O–H groups in total. The minimum Gasteiger partial charge on any atom is -0.491 e. The number of aromatic nitrogens is 3. The van der Waals surface area contributed by atoms with Gasteiger partial charge in [0.2, 0.25) is 0 Å². The molecule has 0 saturated heterocycles. The Hall–Kier alpha value is -3.72. The molecule has 2 heterocycles. The Labute approximate surface area is 161 Å². The van der Waals surface area contributed by atoms with Gasteiger partial charge in [-0.2, -0.15) is 0 Å². The highest BCUT2D eigenvalue weighted by atomic mass is 16.5. The van der Waals surface area contributed by atoms with Crippen molar-refractivity contribution in [3.8, 4) is 17.1 Å². The van der Waals surface area contributed by atoms with Crippen LogP contribution in [0.4, 0.5) is 22.0 Å². The van der Waals surface area contributed by atoms with Gasteiger partial charge >= 0.3 is 6.03 Å². The summed E-state index contributed by atoms with van der Waals surface area (Å²) in [6.07, 6.45) is 4.76. The molecule has 0 unspecified atom stereocenters. The lowest BCUT2D eigenvalue weighted by Crippen LogP contribution is -2.19. The third-order valence-electron chi connectivity index (χ3n) is 3.70. The Morgan fingerprint density at radius 2 is 1.89 bits per heavy atom. The van der Waals surface area contributed by atoms with Crippen molar-refractivity contribution >= 4 is 23.2 Å². The molecule has 3 aromatic rings. The van der Waals surface area contributed by atoms with Crippen molar-refractivity contribution < 1.29 is 14.6 Å². The maximum absolute atomic E-state index is 12.0. The number of pyridine rings is 1. The molecule has 0 fully saturated rings. The number of carbonyl (C=O) groups excluding carboxylic acids is 1. The van der Waals surface area contributed by atoms with E-state index in [1.165, 1.54) is 7.11 Å². The Morgan fingerprint density at radius 1 is 1.11 bits per heavy atom. The average Bonchev–Trinajstić information content (AvgIpc) is 2.73. The number of nitrogens with zero attached hydrogens (tertiary/aromatic N) is 3. The fourth-order valence-corrected chi connectivity index (χ4v) is 2.39. The number of methoxy groups -OCH3 is 1. The van der Waals surface area contributed by atoms with Crippen LogP contribution in [-0.4, -0.2) is 46.4 Å². The second-order valence-electron chi connectivity index (χ2n) is 5.66. The van der Waals surface area contributed by atoms with Crippen molar-refractivity contribution in [3.63, 3.8) is 0 Å². The van der Waals surface area contributed by atoms with Gasteiger partial charge in [-0.1, -0.05) is 0 Å². The molecule has 0 aliphatic heterocycles. The SMILES string of the molecule is COc1cnc(-c2ccc(NC(=O)Nc3cccnc3)cc2)nc1NCCO. The maximum atomic E-state index is 12.0. The maximum Gasteiger partial charge on any atom is 0.323 e. The molecule has 1 aromatic carbocycles. The predicted octanol–water partition coefficient (Wildman–Crippen LogP) is 2.60. The number of aliphatic hydroxyl groups excluding tert-OH is 1. The van der Waals surface area contributed by atoms with Crippen LogP contribution in [0.3, 0.4) is 0 Å². The van der Waals surface area contributed by atoms with Crippen molar-refractivity contribution in [1.82, 2.24) is 15.0 Å². The number of aliphatic hydroxyl groups is 1. The van der Waals surface area contributed by atoms with Crippen molar-refractivity contribution in [1.29, 1.82) is 0 Å². The van der Waals surface area contributed by atoms with Crippen LogP contribution in [0.2, 0.25) is 0 Å². The molecule has 9 nitrogen and oxygen atoms in total. The van der Waals surface area contributed by atoms with Crippen molar-refractivity contribution in [2.45, 2.75) is 0 Å². The molecule has 0 atom stereocenters. The number of hydrogen-bond donors (Lipinski definition) is 4. The van der Waals surface area contributed by atoms with Crippen LogP contribution in [0.25, 0.3) is 11.4 Å². The van der Waals surface area contributed by atoms with Gasteiger partial charge < -0.3 is 25.8 Å². The summed E-state index contributed by atoms with van der Waals surface area (Å²) < 4.78 is 5.22. The normalized spacial score (nSPS) is 10.2. The Morgan fingerprint density at radius 3 is 2.57 bits per heavy atom. The van der Waals surface area contributed by atoms with Gasteiger partial charge in [-0.15, -0.1) is 0 Å². The number of nitrogens with one attached hydrogen (secondary N) is 3. The first-order valence-electron chi connectivity index (χ1n) is 8.54. The Bertz CT molecular complexity index is 919. The summed E-state index contributed by atoms with van der Waals surface area (Å²) in [4.78, 5) is 24.7. The highest BCUT2D eigenvalue weighted by Gasteiger charge is 2.09. The monoisotopic (exact) mass is 380 g/mol.